The van der Waals surface area contributed by atoms with Crippen LogP contribution in [0.1, 0.15) is 36.7 Å². The van der Waals surface area contributed by atoms with Gasteiger partial charge < -0.3 is 10.2 Å². The molecule has 2 amide bonds. The lowest BCUT2D eigenvalue weighted by atomic mass is 10.1. The smallest absolute Gasteiger partial charge is 0.258 e. The van der Waals surface area contributed by atoms with E-state index in [0.29, 0.717) is 11.3 Å². The number of terminal acetylenes is 1. The predicted octanol–water partition coefficient (Wildman–Crippen LogP) is 3.82. The van der Waals surface area contributed by atoms with E-state index in [2.05, 4.69) is 11.2 Å². The Morgan fingerprint density at radius 1 is 1.20 bits per heavy atom. The zero-order chi connectivity index (χ0) is 18.6. The third-order valence-electron chi connectivity index (χ3n) is 3.55. The van der Waals surface area contributed by atoms with Gasteiger partial charge >= 0.3 is 0 Å². The number of halogens is 1. The molecule has 2 rings (SSSR count). The maximum Gasteiger partial charge on any atom is 0.258 e. The van der Waals surface area contributed by atoms with Gasteiger partial charge in [-0.1, -0.05) is 12.0 Å². The zero-order valence-electron chi connectivity index (χ0n) is 14.3. The molecule has 0 bridgehead atoms. The van der Waals surface area contributed by atoms with Crippen molar-refractivity contribution in [1.29, 1.82) is 0 Å². The fourth-order valence-corrected chi connectivity index (χ4v) is 2.48. The van der Waals surface area contributed by atoms with Crippen LogP contribution in [0.3, 0.4) is 0 Å². The lowest BCUT2D eigenvalue weighted by Gasteiger charge is -2.27. The molecule has 0 atom stereocenters. The zero-order valence-corrected chi connectivity index (χ0v) is 14.3. The Morgan fingerprint density at radius 3 is 2.52 bits per heavy atom. The molecular formula is C20H19FN2O2. The van der Waals surface area contributed by atoms with Crippen molar-refractivity contribution in [3.8, 4) is 12.3 Å². The van der Waals surface area contributed by atoms with Crippen molar-refractivity contribution in [2.45, 2.75) is 26.8 Å². The van der Waals surface area contributed by atoms with Crippen LogP contribution in [0.5, 0.6) is 0 Å². The summed E-state index contributed by atoms with van der Waals surface area (Å²) in [7, 11) is 0. The summed E-state index contributed by atoms with van der Waals surface area (Å²) in [6.45, 7) is 5.02. The second-order valence-corrected chi connectivity index (χ2v) is 5.84. The quantitative estimate of drug-likeness (QED) is 0.862. The SMILES string of the molecule is C#Cc1cccc(N(C(=O)c2ccc(F)c(NC(C)=O)c2)C(C)C)c1. The highest BCUT2D eigenvalue weighted by Gasteiger charge is 2.22. The molecule has 0 aliphatic carbocycles. The Labute approximate surface area is 146 Å². The minimum absolute atomic E-state index is 0.0283. The predicted molar refractivity (Wildman–Crippen MR) is 97.0 cm³/mol. The fourth-order valence-electron chi connectivity index (χ4n) is 2.48. The van der Waals surface area contributed by atoms with Gasteiger partial charge in [-0.25, -0.2) is 4.39 Å². The molecule has 1 N–H and O–H groups in total. The van der Waals surface area contributed by atoms with Crippen molar-refractivity contribution in [3.63, 3.8) is 0 Å². The lowest BCUT2D eigenvalue weighted by molar-refractivity contribution is -0.114. The van der Waals surface area contributed by atoms with Gasteiger partial charge in [0.1, 0.15) is 5.82 Å². The number of nitrogens with one attached hydrogen (secondary N) is 1. The highest BCUT2D eigenvalue weighted by atomic mass is 19.1. The molecule has 128 valence electrons. The number of nitrogens with zero attached hydrogens (tertiary/aromatic N) is 1. The van der Waals surface area contributed by atoms with E-state index in [1.54, 1.807) is 29.2 Å². The van der Waals surface area contributed by atoms with Gasteiger partial charge in [0.25, 0.3) is 5.91 Å². The molecule has 0 aliphatic heterocycles. The van der Waals surface area contributed by atoms with Crippen LogP contribution >= 0.6 is 0 Å². The summed E-state index contributed by atoms with van der Waals surface area (Å²) in [5.74, 6) is 1.22. The topological polar surface area (TPSA) is 49.4 Å². The highest BCUT2D eigenvalue weighted by Crippen LogP contribution is 2.23. The van der Waals surface area contributed by atoms with E-state index in [4.69, 9.17) is 6.42 Å². The van der Waals surface area contributed by atoms with Gasteiger partial charge in [-0.15, -0.1) is 6.42 Å². The Morgan fingerprint density at radius 2 is 1.92 bits per heavy atom. The van der Waals surface area contributed by atoms with Crippen molar-refractivity contribution < 1.29 is 14.0 Å². The number of amides is 2. The van der Waals surface area contributed by atoms with Crippen LogP contribution in [-0.2, 0) is 4.79 Å². The number of benzene rings is 2. The van der Waals surface area contributed by atoms with Crippen molar-refractivity contribution in [1.82, 2.24) is 0 Å². The van der Waals surface area contributed by atoms with Crippen LogP contribution in [0.15, 0.2) is 42.5 Å². The molecule has 0 spiro atoms. The summed E-state index contributed by atoms with van der Waals surface area (Å²) < 4.78 is 13.8. The Hall–Kier alpha value is -3.13. The molecule has 0 fully saturated rings. The summed E-state index contributed by atoms with van der Waals surface area (Å²) in [4.78, 5) is 25.7. The van der Waals surface area contributed by atoms with Crippen LogP contribution in [-0.4, -0.2) is 17.9 Å². The van der Waals surface area contributed by atoms with Crippen LogP contribution in [0.25, 0.3) is 0 Å². The second kappa shape index (κ2) is 7.63. The van der Waals surface area contributed by atoms with Gasteiger partial charge in [0.05, 0.1) is 5.69 Å². The molecule has 5 heteroatoms. The van der Waals surface area contributed by atoms with Crippen molar-refractivity contribution >= 4 is 23.2 Å². The monoisotopic (exact) mass is 338 g/mol. The molecule has 0 unspecified atom stereocenters. The van der Waals surface area contributed by atoms with E-state index in [1.165, 1.54) is 19.1 Å². The minimum Gasteiger partial charge on any atom is -0.324 e. The second-order valence-electron chi connectivity index (χ2n) is 5.84. The molecule has 4 nitrogen and oxygen atoms in total. The van der Waals surface area contributed by atoms with Crippen LogP contribution in [0.4, 0.5) is 15.8 Å². The van der Waals surface area contributed by atoms with Gasteiger partial charge in [0, 0.05) is 29.8 Å². The molecule has 0 aromatic heterocycles. The van der Waals surface area contributed by atoms with E-state index >= 15 is 0 Å². The third kappa shape index (κ3) is 4.24. The van der Waals surface area contributed by atoms with Crippen molar-refractivity contribution in [3.05, 3.63) is 59.4 Å². The van der Waals surface area contributed by atoms with Crippen LogP contribution < -0.4 is 10.2 Å². The van der Waals surface area contributed by atoms with E-state index in [9.17, 15) is 14.0 Å². The van der Waals surface area contributed by atoms with Gasteiger partial charge in [0.15, 0.2) is 0 Å². The first-order chi connectivity index (χ1) is 11.8. The molecule has 0 saturated heterocycles. The van der Waals surface area contributed by atoms with Crippen molar-refractivity contribution in [2.75, 3.05) is 10.2 Å². The lowest BCUT2D eigenvalue weighted by Crippen LogP contribution is -2.37. The van der Waals surface area contributed by atoms with Gasteiger partial charge in [-0.05, 0) is 50.2 Å². The van der Waals surface area contributed by atoms with Crippen LogP contribution in [0.2, 0.25) is 0 Å². The maximum atomic E-state index is 13.8. The van der Waals surface area contributed by atoms with Crippen LogP contribution in [0, 0.1) is 18.2 Å². The number of hydrogen-bond donors (Lipinski definition) is 1. The first-order valence-electron chi connectivity index (χ1n) is 7.81. The Balaban J connectivity index is 2.44. The Kier molecular flexibility index (Phi) is 5.56. The van der Waals surface area contributed by atoms with E-state index < -0.39 is 11.7 Å². The molecule has 2 aromatic rings. The average Bonchev–Trinajstić information content (AvgIpc) is 2.56. The normalized spacial score (nSPS) is 10.2. The van der Waals surface area contributed by atoms with Crippen molar-refractivity contribution in [2.24, 2.45) is 0 Å². The average molecular weight is 338 g/mol. The summed E-state index contributed by atoms with van der Waals surface area (Å²) >= 11 is 0. The Bertz CT molecular complexity index is 853. The summed E-state index contributed by atoms with van der Waals surface area (Å²) in [5, 5.41) is 2.38. The first-order valence-corrected chi connectivity index (χ1v) is 7.81. The van der Waals surface area contributed by atoms with Gasteiger partial charge in [-0.2, -0.15) is 0 Å². The highest BCUT2D eigenvalue weighted by molar-refractivity contribution is 6.07. The number of anilines is 2. The largest absolute Gasteiger partial charge is 0.324 e. The van der Waals surface area contributed by atoms with E-state index in [-0.39, 0.29) is 23.2 Å². The molecular weight excluding hydrogens is 319 g/mol. The number of hydrogen-bond acceptors (Lipinski definition) is 2. The number of carbonyl (C=O) groups is 2. The number of carbonyl (C=O) groups excluding carboxylic acids is 2. The van der Waals surface area contributed by atoms with Gasteiger partial charge in [-0.3, -0.25) is 9.59 Å². The first kappa shape index (κ1) is 18.2. The van der Waals surface area contributed by atoms with E-state index in [0.717, 1.165) is 6.07 Å². The molecule has 0 heterocycles. The maximum absolute atomic E-state index is 13.8. The molecule has 0 radical (unpaired) electrons. The minimum atomic E-state index is -0.600. The molecule has 0 aliphatic rings. The molecule has 0 saturated carbocycles. The number of rotatable bonds is 4. The summed E-state index contributed by atoms with van der Waals surface area (Å²) in [6, 6.07) is 10.8. The standard InChI is InChI=1S/C20H19FN2O2/c1-5-15-7-6-8-17(11-15)23(13(2)3)20(25)16-9-10-18(21)19(12-16)22-14(4)24/h1,6-13H,2-4H3,(H,22,24). The third-order valence-corrected chi connectivity index (χ3v) is 3.55. The van der Waals surface area contributed by atoms with Gasteiger partial charge in [0.2, 0.25) is 5.91 Å². The summed E-state index contributed by atoms with van der Waals surface area (Å²) in [6.07, 6.45) is 5.43. The molecule has 2 aromatic carbocycles. The summed E-state index contributed by atoms with van der Waals surface area (Å²) in [5.41, 5.74) is 1.55. The molecule has 25 heavy (non-hydrogen) atoms. The van der Waals surface area contributed by atoms with E-state index in [1.807, 2.05) is 13.8 Å². The fraction of sp³-hybridized carbons (Fsp3) is 0.200.